The third-order valence-corrected chi connectivity index (χ3v) is 4.03. The molecule has 2 N–H and O–H groups in total. The van der Waals surface area contributed by atoms with Crippen molar-refractivity contribution in [1.29, 1.82) is 0 Å². The van der Waals surface area contributed by atoms with E-state index >= 15 is 0 Å². The van der Waals surface area contributed by atoms with Crippen LogP contribution in [0.2, 0.25) is 0 Å². The van der Waals surface area contributed by atoms with Crippen LogP contribution in [0.3, 0.4) is 0 Å². The third-order valence-electron chi connectivity index (χ3n) is 4.03. The molecule has 94 valence electrons. The van der Waals surface area contributed by atoms with E-state index in [9.17, 15) is 4.79 Å². The van der Waals surface area contributed by atoms with Crippen LogP contribution >= 0.6 is 0 Å². The molecule has 3 rings (SSSR count). The molecule has 4 heteroatoms. The Hall–Kier alpha value is -1.06. The number of guanidine groups is 1. The van der Waals surface area contributed by atoms with Crippen LogP contribution < -0.4 is 10.6 Å². The maximum atomic E-state index is 11.8. The zero-order valence-electron chi connectivity index (χ0n) is 10.2. The fraction of sp³-hybridized carbons (Fsp3) is 0.846. The van der Waals surface area contributed by atoms with Crippen LogP contribution in [0.5, 0.6) is 0 Å². The fourth-order valence-electron chi connectivity index (χ4n) is 2.84. The van der Waals surface area contributed by atoms with Gasteiger partial charge in [0.2, 0.25) is 0 Å². The summed E-state index contributed by atoms with van der Waals surface area (Å²) in [6.07, 6.45) is 9.96. The van der Waals surface area contributed by atoms with E-state index < -0.39 is 0 Å². The number of amides is 1. The lowest BCUT2D eigenvalue weighted by molar-refractivity contribution is -0.120. The SMILES string of the molecule is O=C1NC(NC2CC2)=NC1CC1CCCCC1. The number of carbonyl (C=O) groups is 1. The van der Waals surface area contributed by atoms with Gasteiger partial charge in [-0.15, -0.1) is 0 Å². The summed E-state index contributed by atoms with van der Waals surface area (Å²) in [6, 6.07) is 0.432. The number of nitrogens with one attached hydrogen (secondary N) is 2. The first-order valence-corrected chi connectivity index (χ1v) is 6.96. The first-order chi connectivity index (χ1) is 8.31. The second-order valence-electron chi connectivity index (χ2n) is 5.64. The molecule has 2 saturated carbocycles. The van der Waals surface area contributed by atoms with Crippen LogP contribution in [-0.2, 0) is 4.79 Å². The van der Waals surface area contributed by atoms with E-state index in [1.54, 1.807) is 0 Å². The molecule has 3 aliphatic rings. The highest BCUT2D eigenvalue weighted by atomic mass is 16.2. The Kier molecular flexibility index (Phi) is 3.04. The fourth-order valence-corrected chi connectivity index (χ4v) is 2.84. The molecule has 1 heterocycles. The molecule has 0 bridgehead atoms. The molecule has 1 atom stereocenters. The highest BCUT2D eigenvalue weighted by molar-refractivity contribution is 6.04. The highest BCUT2D eigenvalue weighted by Gasteiger charge is 2.32. The molecule has 1 aliphatic heterocycles. The standard InChI is InChI=1S/C13H21N3O/c17-12-11(8-9-4-2-1-3-5-9)15-13(16-12)14-10-6-7-10/h9-11H,1-8H2,(H2,14,15,16,17). The summed E-state index contributed by atoms with van der Waals surface area (Å²) >= 11 is 0. The second kappa shape index (κ2) is 4.67. The Morgan fingerprint density at radius 1 is 1.18 bits per heavy atom. The van der Waals surface area contributed by atoms with Gasteiger partial charge in [-0.3, -0.25) is 10.1 Å². The molecule has 17 heavy (non-hydrogen) atoms. The number of hydrogen-bond acceptors (Lipinski definition) is 3. The van der Waals surface area contributed by atoms with Gasteiger partial charge in [0.05, 0.1) is 0 Å². The third kappa shape index (κ3) is 2.79. The minimum absolute atomic E-state index is 0.0960. The molecule has 0 aromatic rings. The van der Waals surface area contributed by atoms with Gasteiger partial charge in [-0.25, -0.2) is 4.99 Å². The molecule has 0 saturated heterocycles. The van der Waals surface area contributed by atoms with E-state index in [1.165, 1.54) is 44.9 Å². The van der Waals surface area contributed by atoms with Crippen LogP contribution in [0.25, 0.3) is 0 Å². The lowest BCUT2D eigenvalue weighted by atomic mass is 9.85. The van der Waals surface area contributed by atoms with E-state index in [0.717, 1.165) is 12.4 Å². The molecule has 1 amide bonds. The van der Waals surface area contributed by atoms with Crippen molar-refractivity contribution in [3.05, 3.63) is 0 Å². The smallest absolute Gasteiger partial charge is 0.251 e. The van der Waals surface area contributed by atoms with Gasteiger partial charge in [0.25, 0.3) is 5.91 Å². The van der Waals surface area contributed by atoms with Gasteiger partial charge in [0.15, 0.2) is 5.96 Å². The summed E-state index contributed by atoms with van der Waals surface area (Å²) in [4.78, 5) is 16.3. The van der Waals surface area contributed by atoms with Crippen molar-refractivity contribution in [1.82, 2.24) is 10.6 Å². The maximum absolute atomic E-state index is 11.8. The van der Waals surface area contributed by atoms with Gasteiger partial charge < -0.3 is 5.32 Å². The molecular weight excluding hydrogens is 214 g/mol. The normalized spacial score (nSPS) is 30.0. The highest BCUT2D eigenvalue weighted by Crippen LogP contribution is 2.29. The van der Waals surface area contributed by atoms with Crippen LogP contribution in [0.1, 0.15) is 51.4 Å². The minimum Gasteiger partial charge on any atom is -0.353 e. The topological polar surface area (TPSA) is 53.5 Å². The number of rotatable bonds is 3. The number of nitrogens with zero attached hydrogens (tertiary/aromatic N) is 1. The first-order valence-electron chi connectivity index (χ1n) is 6.96. The zero-order chi connectivity index (χ0) is 11.7. The lowest BCUT2D eigenvalue weighted by Gasteiger charge is -2.22. The van der Waals surface area contributed by atoms with Crippen LogP contribution in [0.15, 0.2) is 4.99 Å². The Balaban J connectivity index is 1.54. The summed E-state index contributed by atoms with van der Waals surface area (Å²) in [7, 11) is 0. The van der Waals surface area contributed by atoms with E-state index in [-0.39, 0.29) is 11.9 Å². The van der Waals surface area contributed by atoms with Gasteiger partial charge in [0, 0.05) is 6.04 Å². The largest absolute Gasteiger partial charge is 0.353 e. The van der Waals surface area contributed by atoms with Gasteiger partial charge >= 0.3 is 0 Å². The van der Waals surface area contributed by atoms with Crippen LogP contribution in [0.4, 0.5) is 0 Å². The Morgan fingerprint density at radius 3 is 2.65 bits per heavy atom. The first kappa shape index (κ1) is 11.1. The number of carbonyl (C=O) groups excluding carboxylic acids is 1. The van der Waals surface area contributed by atoms with E-state index in [0.29, 0.717) is 12.0 Å². The van der Waals surface area contributed by atoms with Gasteiger partial charge in [-0.2, -0.15) is 0 Å². The van der Waals surface area contributed by atoms with Crippen molar-refractivity contribution < 1.29 is 4.79 Å². The summed E-state index contributed by atoms with van der Waals surface area (Å²) in [6.45, 7) is 0. The number of aliphatic imine (C=N–C) groups is 1. The predicted molar refractivity (Wildman–Crippen MR) is 66.7 cm³/mol. The zero-order valence-corrected chi connectivity index (χ0v) is 10.2. The lowest BCUT2D eigenvalue weighted by Crippen LogP contribution is -2.38. The molecule has 4 nitrogen and oxygen atoms in total. The second-order valence-corrected chi connectivity index (χ2v) is 5.64. The Labute approximate surface area is 102 Å². The Bertz CT molecular complexity index is 330. The summed E-state index contributed by atoms with van der Waals surface area (Å²) in [5.74, 6) is 1.53. The van der Waals surface area contributed by atoms with Crippen LogP contribution in [-0.4, -0.2) is 24.0 Å². The monoisotopic (exact) mass is 235 g/mol. The van der Waals surface area contributed by atoms with Crippen molar-refractivity contribution in [3.63, 3.8) is 0 Å². The molecule has 2 aliphatic carbocycles. The summed E-state index contributed by atoms with van der Waals surface area (Å²) in [5.41, 5.74) is 0. The van der Waals surface area contributed by atoms with Crippen molar-refractivity contribution in [2.45, 2.75) is 63.5 Å². The van der Waals surface area contributed by atoms with Crippen molar-refractivity contribution in [2.24, 2.45) is 10.9 Å². The number of hydrogen-bond donors (Lipinski definition) is 2. The maximum Gasteiger partial charge on any atom is 0.251 e. The van der Waals surface area contributed by atoms with Crippen molar-refractivity contribution >= 4 is 11.9 Å². The van der Waals surface area contributed by atoms with Crippen molar-refractivity contribution in [3.8, 4) is 0 Å². The quantitative estimate of drug-likeness (QED) is 0.780. The summed E-state index contributed by atoms with van der Waals surface area (Å²) < 4.78 is 0. The minimum atomic E-state index is -0.126. The van der Waals surface area contributed by atoms with E-state index in [4.69, 9.17) is 0 Å². The van der Waals surface area contributed by atoms with Gasteiger partial charge in [0.1, 0.15) is 6.04 Å². The predicted octanol–water partition coefficient (Wildman–Crippen LogP) is 1.56. The Morgan fingerprint density at radius 2 is 1.94 bits per heavy atom. The molecular formula is C13H21N3O. The molecule has 0 aromatic heterocycles. The van der Waals surface area contributed by atoms with E-state index in [1.807, 2.05) is 0 Å². The molecule has 0 radical (unpaired) electrons. The van der Waals surface area contributed by atoms with Crippen molar-refractivity contribution in [2.75, 3.05) is 0 Å². The average molecular weight is 235 g/mol. The summed E-state index contributed by atoms with van der Waals surface area (Å²) in [5, 5.41) is 6.13. The van der Waals surface area contributed by atoms with Crippen LogP contribution in [0, 0.1) is 5.92 Å². The molecule has 0 spiro atoms. The van der Waals surface area contributed by atoms with E-state index in [2.05, 4.69) is 15.6 Å². The average Bonchev–Trinajstić information content (AvgIpc) is 3.07. The van der Waals surface area contributed by atoms with Gasteiger partial charge in [-0.1, -0.05) is 32.1 Å². The van der Waals surface area contributed by atoms with Gasteiger partial charge in [-0.05, 0) is 25.2 Å². The molecule has 2 fully saturated rings. The molecule has 0 aromatic carbocycles. The molecule has 1 unspecified atom stereocenters.